The van der Waals surface area contributed by atoms with Crippen LogP contribution in [-0.4, -0.2) is 19.3 Å². The van der Waals surface area contributed by atoms with Crippen LogP contribution >= 0.6 is 23.1 Å². The van der Waals surface area contributed by atoms with Gasteiger partial charge in [0.05, 0.1) is 10.6 Å². The van der Waals surface area contributed by atoms with Gasteiger partial charge in [-0.25, -0.2) is 13.4 Å². The predicted molar refractivity (Wildman–Crippen MR) is 177 cm³/mol. The van der Waals surface area contributed by atoms with E-state index < -0.39 is 15.3 Å². The van der Waals surface area contributed by atoms with Crippen LogP contribution in [0.5, 0.6) is 0 Å². The SMILES string of the molecule is Cc1ccc(S(=O)(=O)Nc2ccc(SC(C(=O)Nc3nc(-c4ccc5ccccc5c4)cs3)c3ccccc3)cc2)cc1. The number of anilines is 2. The van der Waals surface area contributed by atoms with Gasteiger partial charge in [0, 0.05) is 21.5 Å². The van der Waals surface area contributed by atoms with E-state index in [4.69, 9.17) is 4.98 Å². The molecule has 1 amide bonds. The van der Waals surface area contributed by atoms with Crippen molar-refractivity contribution in [1.82, 2.24) is 4.98 Å². The lowest BCUT2D eigenvalue weighted by molar-refractivity contribution is -0.115. The smallest absolute Gasteiger partial charge is 0.261 e. The van der Waals surface area contributed by atoms with Crippen LogP contribution in [0.25, 0.3) is 22.0 Å². The quantitative estimate of drug-likeness (QED) is 0.158. The topological polar surface area (TPSA) is 88.2 Å². The highest BCUT2D eigenvalue weighted by molar-refractivity contribution is 8.00. The molecule has 6 nitrogen and oxygen atoms in total. The van der Waals surface area contributed by atoms with E-state index in [0.29, 0.717) is 10.8 Å². The Morgan fingerprint density at radius 1 is 0.814 bits per heavy atom. The predicted octanol–water partition coefficient (Wildman–Crippen LogP) is 8.54. The van der Waals surface area contributed by atoms with E-state index in [-0.39, 0.29) is 10.8 Å². The average molecular weight is 622 g/mol. The fourth-order valence-corrected chi connectivity index (χ4v) is 7.36. The summed E-state index contributed by atoms with van der Waals surface area (Å²) in [6.45, 7) is 1.91. The standard InChI is InChI=1S/C34H27N3O3S3/c1-23-11-19-30(20-12-23)43(39,40)37-28-15-17-29(18-16-28)42-32(25-8-3-2-4-9-25)33(38)36-34-35-31(22-41-34)27-14-13-24-7-5-6-10-26(24)21-27/h2-22,32,37H,1H3,(H,35,36,38). The van der Waals surface area contributed by atoms with Crippen molar-refractivity contribution in [3.63, 3.8) is 0 Å². The first-order valence-electron chi connectivity index (χ1n) is 13.5. The first-order chi connectivity index (χ1) is 20.8. The highest BCUT2D eigenvalue weighted by Crippen LogP contribution is 2.37. The van der Waals surface area contributed by atoms with Crippen LogP contribution in [0.3, 0.4) is 0 Å². The largest absolute Gasteiger partial charge is 0.301 e. The minimum atomic E-state index is -3.71. The molecule has 0 saturated heterocycles. The van der Waals surface area contributed by atoms with Crippen LogP contribution in [-0.2, 0) is 14.8 Å². The van der Waals surface area contributed by atoms with Crippen LogP contribution in [0, 0.1) is 6.92 Å². The molecule has 0 aliphatic heterocycles. The lowest BCUT2D eigenvalue weighted by Gasteiger charge is -2.16. The van der Waals surface area contributed by atoms with Gasteiger partial charge in [-0.1, -0.05) is 84.4 Å². The van der Waals surface area contributed by atoms with Crippen molar-refractivity contribution in [2.75, 3.05) is 10.0 Å². The fourth-order valence-electron chi connectivity index (χ4n) is 4.55. The van der Waals surface area contributed by atoms with Crippen molar-refractivity contribution in [3.8, 4) is 11.3 Å². The number of aromatic nitrogens is 1. The fraction of sp³-hybridized carbons (Fsp3) is 0.0588. The summed E-state index contributed by atoms with van der Waals surface area (Å²) in [5, 5.41) is 7.22. The highest BCUT2D eigenvalue weighted by atomic mass is 32.2. The number of benzene rings is 5. The molecule has 0 fully saturated rings. The van der Waals surface area contributed by atoms with Crippen molar-refractivity contribution in [2.45, 2.75) is 22.0 Å². The maximum atomic E-state index is 13.6. The number of fused-ring (bicyclic) bond motifs is 1. The zero-order valence-corrected chi connectivity index (χ0v) is 25.5. The minimum Gasteiger partial charge on any atom is -0.301 e. The van der Waals surface area contributed by atoms with Crippen LogP contribution in [0.4, 0.5) is 10.8 Å². The van der Waals surface area contributed by atoms with Gasteiger partial charge in [0.2, 0.25) is 5.91 Å². The van der Waals surface area contributed by atoms with Crippen molar-refractivity contribution in [1.29, 1.82) is 0 Å². The molecule has 1 heterocycles. The molecule has 43 heavy (non-hydrogen) atoms. The Balaban J connectivity index is 1.18. The number of aryl methyl sites for hydroxylation is 1. The summed E-state index contributed by atoms with van der Waals surface area (Å²) in [5.74, 6) is -0.195. The van der Waals surface area contributed by atoms with Crippen LogP contribution in [0.15, 0.2) is 136 Å². The van der Waals surface area contributed by atoms with Gasteiger partial charge in [0.25, 0.3) is 10.0 Å². The van der Waals surface area contributed by atoms with Crippen LogP contribution in [0.1, 0.15) is 16.4 Å². The molecule has 5 aromatic carbocycles. The molecule has 0 radical (unpaired) electrons. The van der Waals surface area contributed by atoms with E-state index in [1.54, 1.807) is 36.4 Å². The molecule has 0 aliphatic rings. The number of hydrogen-bond acceptors (Lipinski definition) is 6. The summed E-state index contributed by atoms with van der Waals surface area (Å²) in [6, 6.07) is 37.6. The first-order valence-corrected chi connectivity index (χ1v) is 16.7. The Hall–Kier alpha value is -4.44. The molecule has 214 valence electrons. The van der Waals surface area contributed by atoms with E-state index in [9.17, 15) is 13.2 Å². The van der Waals surface area contributed by atoms with E-state index in [1.807, 2.05) is 73.0 Å². The van der Waals surface area contributed by atoms with E-state index in [1.165, 1.54) is 23.1 Å². The van der Waals surface area contributed by atoms with Gasteiger partial charge in [-0.15, -0.1) is 23.1 Å². The number of rotatable bonds is 9. The van der Waals surface area contributed by atoms with E-state index >= 15 is 0 Å². The Morgan fingerprint density at radius 3 is 2.26 bits per heavy atom. The van der Waals surface area contributed by atoms with Crippen LogP contribution in [0.2, 0.25) is 0 Å². The second kappa shape index (κ2) is 12.4. The number of nitrogens with zero attached hydrogens (tertiary/aromatic N) is 1. The lowest BCUT2D eigenvalue weighted by atomic mass is 10.1. The van der Waals surface area contributed by atoms with Crippen LogP contribution < -0.4 is 10.0 Å². The molecule has 6 aromatic rings. The zero-order chi connectivity index (χ0) is 29.8. The number of carbonyl (C=O) groups excluding carboxylic acids is 1. The molecule has 1 unspecified atom stereocenters. The summed E-state index contributed by atoms with van der Waals surface area (Å²) in [5.41, 5.74) is 4.06. The summed E-state index contributed by atoms with van der Waals surface area (Å²) in [4.78, 5) is 19.3. The number of nitrogens with one attached hydrogen (secondary N) is 2. The number of carbonyl (C=O) groups is 1. The Morgan fingerprint density at radius 2 is 1.51 bits per heavy atom. The van der Waals surface area contributed by atoms with Crippen molar-refractivity contribution < 1.29 is 13.2 Å². The van der Waals surface area contributed by atoms with E-state index in [0.717, 1.165) is 38.1 Å². The molecule has 0 aliphatic carbocycles. The monoisotopic (exact) mass is 621 g/mol. The number of hydrogen-bond donors (Lipinski definition) is 2. The molecular weight excluding hydrogens is 595 g/mol. The Kier molecular flexibility index (Phi) is 8.29. The average Bonchev–Trinajstić information content (AvgIpc) is 3.49. The molecule has 6 rings (SSSR count). The molecule has 1 aromatic heterocycles. The number of amides is 1. The summed E-state index contributed by atoms with van der Waals surface area (Å²) >= 11 is 2.77. The Bertz CT molecular complexity index is 1990. The Labute approximate surface area is 258 Å². The number of sulfonamides is 1. The highest BCUT2D eigenvalue weighted by Gasteiger charge is 2.23. The van der Waals surface area contributed by atoms with Gasteiger partial charge in [0.1, 0.15) is 5.25 Å². The lowest BCUT2D eigenvalue weighted by Crippen LogP contribution is -2.19. The maximum Gasteiger partial charge on any atom is 0.261 e. The van der Waals surface area contributed by atoms with Crippen molar-refractivity contribution >= 4 is 60.6 Å². The van der Waals surface area contributed by atoms with Crippen molar-refractivity contribution in [3.05, 3.63) is 138 Å². The van der Waals surface area contributed by atoms with Gasteiger partial charge >= 0.3 is 0 Å². The summed E-state index contributed by atoms with van der Waals surface area (Å²) in [6.07, 6.45) is 0. The second-order valence-corrected chi connectivity index (χ2v) is 13.7. The molecule has 2 N–H and O–H groups in total. The van der Waals surface area contributed by atoms with Gasteiger partial charge in [-0.2, -0.15) is 0 Å². The first kappa shape index (κ1) is 28.7. The van der Waals surface area contributed by atoms with Gasteiger partial charge in [-0.3, -0.25) is 9.52 Å². The molecule has 0 bridgehead atoms. The van der Waals surface area contributed by atoms with Gasteiger partial charge < -0.3 is 5.32 Å². The minimum absolute atomic E-state index is 0.195. The van der Waals surface area contributed by atoms with Gasteiger partial charge in [-0.05, 0) is 65.7 Å². The number of thiazole rings is 1. The van der Waals surface area contributed by atoms with Gasteiger partial charge in [0.15, 0.2) is 5.13 Å². The maximum absolute atomic E-state index is 13.6. The zero-order valence-electron chi connectivity index (χ0n) is 23.1. The summed E-state index contributed by atoms with van der Waals surface area (Å²) < 4.78 is 28.2. The molecular formula is C34H27N3O3S3. The van der Waals surface area contributed by atoms with Crippen molar-refractivity contribution in [2.24, 2.45) is 0 Å². The normalized spacial score (nSPS) is 12.1. The van der Waals surface area contributed by atoms with E-state index in [2.05, 4.69) is 34.3 Å². The third kappa shape index (κ3) is 6.80. The number of thioether (sulfide) groups is 1. The molecule has 1 atom stereocenters. The molecule has 9 heteroatoms. The third-order valence-corrected chi connectivity index (χ3v) is 10.2. The third-order valence-electron chi connectivity index (χ3n) is 6.81. The second-order valence-electron chi connectivity index (χ2n) is 9.94. The molecule has 0 saturated carbocycles. The summed E-state index contributed by atoms with van der Waals surface area (Å²) in [7, 11) is -3.71. The molecule has 0 spiro atoms.